The second-order valence-corrected chi connectivity index (χ2v) is 7.74. The van der Waals surface area contributed by atoms with Crippen LogP contribution < -0.4 is 10.1 Å². The Balaban J connectivity index is 1.71. The normalized spacial score (nSPS) is 16.7. The van der Waals surface area contributed by atoms with Gasteiger partial charge in [-0.2, -0.15) is 0 Å². The summed E-state index contributed by atoms with van der Waals surface area (Å²) >= 11 is 0. The van der Waals surface area contributed by atoms with E-state index in [0.29, 0.717) is 31.7 Å². The molecule has 1 fully saturated rings. The van der Waals surface area contributed by atoms with Crippen LogP contribution in [0, 0.1) is 0 Å². The van der Waals surface area contributed by atoms with Crippen LogP contribution in [0.25, 0.3) is 0 Å². The van der Waals surface area contributed by atoms with E-state index in [1.807, 2.05) is 18.2 Å². The molecule has 0 unspecified atom stereocenters. The van der Waals surface area contributed by atoms with E-state index in [1.165, 1.54) is 11.4 Å². The number of carbonyl (C=O) groups is 1. The molecular weight excluding hydrogens is 332 g/mol. The highest BCUT2D eigenvalue weighted by Gasteiger charge is 2.28. The molecular formula is C16H24N2O5S. The maximum absolute atomic E-state index is 12.1. The Bertz CT molecular complexity index is 613. The van der Waals surface area contributed by atoms with Crippen molar-refractivity contribution >= 4 is 15.9 Å². The van der Waals surface area contributed by atoms with Crippen LogP contribution >= 0.6 is 0 Å². The summed E-state index contributed by atoms with van der Waals surface area (Å²) in [6, 6.07) is 9.11. The van der Waals surface area contributed by atoms with Crippen molar-refractivity contribution in [3.8, 4) is 5.75 Å². The minimum absolute atomic E-state index is 0.00849. The van der Waals surface area contributed by atoms with Gasteiger partial charge in [-0.15, -0.1) is 0 Å². The third-order valence-electron chi connectivity index (χ3n) is 3.87. The highest BCUT2D eigenvalue weighted by Crippen LogP contribution is 2.15. The first kappa shape index (κ1) is 18.7. The SMILES string of the molecule is COCCS(=O)(=O)N1CCC(NC(=O)COc2ccccc2)CC1. The quantitative estimate of drug-likeness (QED) is 0.738. The van der Waals surface area contributed by atoms with E-state index in [9.17, 15) is 13.2 Å². The molecule has 0 bridgehead atoms. The van der Waals surface area contributed by atoms with E-state index >= 15 is 0 Å². The van der Waals surface area contributed by atoms with Crippen LogP contribution in [0.1, 0.15) is 12.8 Å². The van der Waals surface area contributed by atoms with Crippen molar-refractivity contribution in [2.75, 3.05) is 39.2 Å². The topological polar surface area (TPSA) is 84.9 Å². The van der Waals surface area contributed by atoms with Gasteiger partial charge in [0.25, 0.3) is 5.91 Å². The predicted molar refractivity (Wildman–Crippen MR) is 90.3 cm³/mol. The van der Waals surface area contributed by atoms with Crippen LogP contribution in [-0.4, -0.2) is 63.8 Å². The van der Waals surface area contributed by atoms with Crippen LogP contribution in [0.3, 0.4) is 0 Å². The number of methoxy groups -OCH3 is 1. The van der Waals surface area contributed by atoms with Crippen molar-refractivity contribution < 1.29 is 22.7 Å². The summed E-state index contributed by atoms with van der Waals surface area (Å²) in [4.78, 5) is 11.9. The molecule has 1 aliphatic heterocycles. The molecule has 0 atom stereocenters. The number of nitrogens with zero attached hydrogens (tertiary/aromatic N) is 1. The summed E-state index contributed by atoms with van der Waals surface area (Å²) in [5.74, 6) is 0.442. The van der Waals surface area contributed by atoms with E-state index in [-0.39, 0.29) is 30.9 Å². The lowest BCUT2D eigenvalue weighted by atomic mass is 10.1. The summed E-state index contributed by atoms with van der Waals surface area (Å²) in [6.07, 6.45) is 1.20. The molecule has 134 valence electrons. The number of piperidine rings is 1. The van der Waals surface area contributed by atoms with Gasteiger partial charge < -0.3 is 14.8 Å². The van der Waals surface area contributed by atoms with Gasteiger partial charge in [0.05, 0.1) is 12.4 Å². The zero-order valence-electron chi connectivity index (χ0n) is 13.8. The molecule has 0 saturated carbocycles. The van der Waals surface area contributed by atoms with Gasteiger partial charge in [-0.05, 0) is 25.0 Å². The molecule has 0 aromatic heterocycles. The first-order valence-corrected chi connectivity index (χ1v) is 9.56. The Labute approximate surface area is 143 Å². The van der Waals surface area contributed by atoms with Gasteiger partial charge in [-0.25, -0.2) is 12.7 Å². The number of nitrogens with one attached hydrogen (secondary N) is 1. The highest BCUT2D eigenvalue weighted by atomic mass is 32.2. The average molecular weight is 356 g/mol. The van der Waals surface area contributed by atoms with Gasteiger partial charge in [-0.3, -0.25) is 4.79 Å². The molecule has 1 heterocycles. The lowest BCUT2D eigenvalue weighted by Crippen LogP contribution is -2.48. The Morgan fingerprint density at radius 1 is 1.25 bits per heavy atom. The number of hydrogen-bond acceptors (Lipinski definition) is 5. The number of sulfonamides is 1. The average Bonchev–Trinajstić information content (AvgIpc) is 2.60. The van der Waals surface area contributed by atoms with Crippen molar-refractivity contribution in [1.82, 2.24) is 9.62 Å². The first-order chi connectivity index (χ1) is 11.5. The number of carbonyl (C=O) groups excluding carboxylic acids is 1. The van der Waals surface area contributed by atoms with E-state index in [4.69, 9.17) is 9.47 Å². The standard InChI is InChI=1S/C16H24N2O5S/c1-22-11-12-24(20,21)18-9-7-14(8-10-18)17-16(19)13-23-15-5-3-2-4-6-15/h2-6,14H,7-13H2,1H3,(H,17,19). The summed E-state index contributed by atoms with van der Waals surface area (Å²) in [7, 11) is -1.79. The summed E-state index contributed by atoms with van der Waals surface area (Å²) in [6.45, 7) is 0.971. The highest BCUT2D eigenvalue weighted by molar-refractivity contribution is 7.89. The second kappa shape index (κ2) is 9.00. The summed E-state index contributed by atoms with van der Waals surface area (Å²) < 4.78 is 35.8. The summed E-state index contributed by atoms with van der Waals surface area (Å²) in [5, 5.41) is 2.89. The fourth-order valence-corrected chi connectivity index (χ4v) is 3.93. The molecule has 24 heavy (non-hydrogen) atoms. The van der Waals surface area contributed by atoms with Crippen LogP contribution in [0.4, 0.5) is 0 Å². The lowest BCUT2D eigenvalue weighted by Gasteiger charge is -2.31. The van der Waals surface area contributed by atoms with Crippen molar-refractivity contribution in [2.24, 2.45) is 0 Å². The predicted octanol–water partition coefficient (Wildman–Crippen LogP) is 0.622. The zero-order chi connectivity index (χ0) is 17.4. The molecule has 1 aromatic rings. The van der Waals surface area contributed by atoms with Gasteiger partial charge in [0, 0.05) is 26.2 Å². The van der Waals surface area contributed by atoms with E-state index in [1.54, 1.807) is 12.1 Å². The van der Waals surface area contributed by atoms with E-state index in [2.05, 4.69) is 5.32 Å². The Morgan fingerprint density at radius 3 is 2.54 bits per heavy atom. The van der Waals surface area contributed by atoms with Crippen LogP contribution in [-0.2, 0) is 19.6 Å². The van der Waals surface area contributed by atoms with Gasteiger partial charge in [0.15, 0.2) is 6.61 Å². The minimum Gasteiger partial charge on any atom is -0.484 e. The maximum atomic E-state index is 12.1. The Hall–Kier alpha value is -1.64. The molecule has 8 heteroatoms. The summed E-state index contributed by atoms with van der Waals surface area (Å²) in [5.41, 5.74) is 0. The largest absolute Gasteiger partial charge is 0.484 e. The van der Waals surface area contributed by atoms with Crippen LogP contribution in [0.15, 0.2) is 30.3 Å². The smallest absolute Gasteiger partial charge is 0.258 e. The van der Waals surface area contributed by atoms with E-state index in [0.717, 1.165) is 0 Å². The van der Waals surface area contributed by atoms with Gasteiger partial charge in [0.2, 0.25) is 10.0 Å². The number of ether oxygens (including phenoxy) is 2. The zero-order valence-corrected chi connectivity index (χ0v) is 14.6. The molecule has 2 rings (SSSR count). The Kier molecular flexibility index (Phi) is 7.01. The molecule has 0 spiro atoms. The molecule has 7 nitrogen and oxygen atoms in total. The molecule has 0 radical (unpaired) electrons. The monoisotopic (exact) mass is 356 g/mol. The van der Waals surface area contributed by atoms with Crippen molar-refractivity contribution in [1.29, 1.82) is 0 Å². The third-order valence-corrected chi connectivity index (χ3v) is 5.71. The number of benzene rings is 1. The number of rotatable bonds is 8. The number of hydrogen-bond donors (Lipinski definition) is 1. The molecule has 1 saturated heterocycles. The fraction of sp³-hybridized carbons (Fsp3) is 0.562. The first-order valence-electron chi connectivity index (χ1n) is 7.95. The lowest BCUT2D eigenvalue weighted by molar-refractivity contribution is -0.124. The number of para-hydroxylation sites is 1. The fourth-order valence-electron chi connectivity index (χ4n) is 2.53. The van der Waals surface area contributed by atoms with Crippen LogP contribution in [0.2, 0.25) is 0 Å². The number of amides is 1. The minimum atomic E-state index is -3.27. The second-order valence-electron chi connectivity index (χ2n) is 5.65. The van der Waals surface area contributed by atoms with Gasteiger partial charge >= 0.3 is 0 Å². The maximum Gasteiger partial charge on any atom is 0.258 e. The van der Waals surface area contributed by atoms with Gasteiger partial charge in [-0.1, -0.05) is 18.2 Å². The molecule has 1 N–H and O–H groups in total. The molecule has 1 aliphatic rings. The van der Waals surface area contributed by atoms with Crippen LogP contribution in [0.5, 0.6) is 5.75 Å². The Morgan fingerprint density at radius 2 is 1.92 bits per heavy atom. The molecule has 1 amide bonds. The third kappa shape index (κ3) is 5.77. The molecule has 0 aliphatic carbocycles. The van der Waals surface area contributed by atoms with Gasteiger partial charge in [0.1, 0.15) is 5.75 Å². The van der Waals surface area contributed by atoms with Crippen molar-refractivity contribution in [3.05, 3.63) is 30.3 Å². The molecule has 1 aromatic carbocycles. The van der Waals surface area contributed by atoms with E-state index < -0.39 is 10.0 Å². The van der Waals surface area contributed by atoms with Crippen molar-refractivity contribution in [3.63, 3.8) is 0 Å². The van der Waals surface area contributed by atoms with Crippen molar-refractivity contribution in [2.45, 2.75) is 18.9 Å².